The van der Waals surface area contributed by atoms with Crippen LogP contribution in [0.4, 0.5) is 24.1 Å². The molecule has 0 spiro atoms. The number of amides is 3. The first-order valence-corrected chi connectivity index (χ1v) is 10.4. The number of anilines is 1. The van der Waals surface area contributed by atoms with Gasteiger partial charge in [0.15, 0.2) is 0 Å². The zero-order chi connectivity index (χ0) is 25.3. The van der Waals surface area contributed by atoms with Crippen molar-refractivity contribution in [3.63, 3.8) is 0 Å². The molecule has 0 unspecified atom stereocenters. The molecule has 1 aliphatic heterocycles. The minimum absolute atomic E-state index is 0.0101. The van der Waals surface area contributed by atoms with Crippen LogP contribution in [0.3, 0.4) is 0 Å². The number of halogens is 2. The molecule has 0 fully saturated rings. The van der Waals surface area contributed by atoms with Crippen LogP contribution in [0, 0.1) is 6.92 Å². The Bertz CT molecular complexity index is 1200. The standard InChI is InChI=1S/C23H21F2N3O7/c1-13-4-9-17-14(10-13)11-23(19(29)32-2)18(17)26-27(12-34-23)21(30)28(22(31)33-3)15-5-7-16(8-6-15)35-20(24)25/h4-10,20H,11-12H2,1-3H3/t23-/m0/s1. The third kappa shape index (κ3) is 4.28. The molecular formula is C23H21F2N3O7. The molecule has 0 radical (unpaired) electrons. The smallest absolute Gasteiger partial charge is 0.422 e. The number of methoxy groups -OCH3 is 2. The fourth-order valence-electron chi connectivity index (χ4n) is 4.01. The van der Waals surface area contributed by atoms with Gasteiger partial charge in [-0.05, 0) is 36.8 Å². The molecule has 12 heteroatoms. The maximum atomic E-state index is 13.4. The molecule has 0 N–H and O–H groups in total. The Morgan fingerprint density at radius 2 is 1.83 bits per heavy atom. The molecule has 1 heterocycles. The lowest BCUT2D eigenvalue weighted by atomic mass is 9.97. The fourth-order valence-corrected chi connectivity index (χ4v) is 4.01. The maximum Gasteiger partial charge on any atom is 0.422 e. The lowest BCUT2D eigenvalue weighted by molar-refractivity contribution is -0.165. The van der Waals surface area contributed by atoms with Crippen LogP contribution in [0.5, 0.6) is 5.75 Å². The molecule has 2 aromatic rings. The molecule has 0 aromatic heterocycles. The third-order valence-electron chi connectivity index (χ3n) is 5.60. The molecule has 0 bridgehead atoms. The number of ether oxygens (including phenoxy) is 4. The van der Waals surface area contributed by atoms with E-state index in [0.29, 0.717) is 10.5 Å². The summed E-state index contributed by atoms with van der Waals surface area (Å²) in [5.74, 6) is -0.833. The number of urea groups is 1. The van der Waals surface area contributed by atoms with Gasteiger partial charge in [0.25, 0.3) is 0 Å². The van der Waals surface area contributed by atoms with Crippen molar-refractivity contribution in [3.8, 4) is 5.75 Å². The molecule has 4 rings (SSSR count). The maximum absolute atomic E-state index is 13.4. The van der Waals surface area contributed by atoms with Gasteiger partial charge in [-0.25, -0.2) is 14.4 Å². The number of fused-ring (bicyclic) bond motifs is 3. The molecule has 1 aliphatic carbocycles. The summed E-state index contributed by atoms with van der Waals surface area (Å²) in [6, 6.07) is 9.34. The number of esters is 1. The number of rotatable bonds is 4. The van der Waals surface area contributed by atoms with Gasteiger partial charge in [-0.15, -0.1) is 0 Å². The van der Waals surface area contributed by atoms with Crippen LogP contribution in [-0.4, -0.2) is 62.0 Å². The number of aryl methyl sites for hydroxylation is 1. The van der Waals surface area contributed by atoms with Gasteiger partial charge < -0.3 is 18.9 Å². The highest BCUT2D eigenvalue weighted by Crippen LogP contribution is 2.38. The van der Waals surface area contributed by atoms with Gasteiger partial charge in [0.05, 0.1) is 19.9 Å². The summed E-state index contributed by atoms with van der Waals surface area (Å²) < 4.78 is 44.8. The molecule has 2 aliphatic rings. The molecule has 0 saturated heterocycles. The Labute approximate surface area is 198 Å². The van der Waals surface area contributed by atoms with Crippen molar-refractivity contribution in [2.24, 2.45) is 5.10 Å². The highest BCUT2D eigenvalue weighted by atomic mass is 19.3. The van der Waals surface area contributed by atoms with Crippen molar-refractivity contribution in [3.05, 3.63) is 59.2 Å². The molecular weight excluding hydrogens is 468 g/mol. The monoisotopic (exact) mass is 489 g/mol. The quantitative estimate of drug-likeness (QED) is 0.606. The van der Waals surface area contributed by atoms with Gasteiger partial charge in [0.2, 0.25) is 5.60 Å². The highest BCUT2D eigenvalue weighted by Gasteiger charge is 2.55. The van der Waals surface area contributed by atoms with Crippen LogP contribution >= 0.6 is 0 Å². The van der Waals surface area contributed by atoms with E-state index < -0.39 is 37.0 Å². The van der Waals surface area contributed by atoms with Crippen molar-refractivity contribution in [1.82, 2.24) is 5.01 Å². The van der Waals surface area contributed by atoms with Crippen LogP contribution < -0.4 is 9.64 Å². The van der Waals surface area contributed by atoms with Crippen LogP contribution in [-0.2, 0) is 25.4 Å². The lowest BCUT2D eigenvalue weighted by Crippen LogP contribution is -2.56. The number of hydrazone groups is 1. The van der Waals surface area contributed by atoms with Crippen molar-refractivity contribution in [1.29, 1.82) is 0 Å². The van der Waals surface area contributed by atoms with E-state index in [1.807, 2.05) is 19.1 Å². The second-order valence-corrected chi connectivity index (χ2v) is 7.74. The molecule has 35 heavy (non-hydrogen) atoms. The average molecular weight is 489 g/mol. The first-order chi connectivity index (χ1) is 16.7. The molecule has 184 valence electrons. The van der Waals surface area contributed by atoms with E-state index in [4.69, 9.17) is 14.2 Å². The minimum atomic E-state index is -3.03. The van der Waals surface area contributed by atoms with E-state index in [2.05, 4.69) is 9.84 Å². The van der Waals surface area contributed by atoms with Gasteiger partial charge in [-0.1, -0.05) is 23.8 Å². The predicted octanol–water partition coefficient (Wildman–Crippen LogP) is 3.45. The summed E-state index contributed by atoms with van der Waals surface area (Å²) in [5, 5.41) is 5.24. The van der Waals surface area contributed by atoms with E-state index in [-0.39, 0.29) is 23.6 Å². The van der Waals surface area contributed by atoms with E-state index in [0.717, 1.165) is 23.2 Å². The first-order valence-electron chi connectivity index (χ1n) is 10.4. The van der Waals surface area contributed by atoms with Crippen LogP contribution in [0.2, 0.25) is 0 Å². The predicted molar refractivity (Wildman–Crippen MR) is 117 cm³/mol. The second-order valence-electron chi connectivity index (χ2n) is 7.74. The highest BCUT2D eigenvalue weighted by molar-refractivity contribution is 6.22. The lowest BCUT2D eigenvalue weighted by Gasteiger charge is -2.35. The van der Waals surface area contributed by atoms with Gasteiger partial charge in [-0.2, -0.15) is 23.8 Å². The summed E-state index contributed by atoms with van der Waals surface area (Å²) >= 11 is 0. The van der Waals surface area contributed by atoms with Crippen molar-refractivity contribution < 1.29 is 42.1 Å². The summed E-state index contributed by atoms with van der Waals surface area (Å²) in [5.41, 5.74) is 1.01. The SMILES string of the molecule is COC(=O)N(C(=O)N1CO[C@@]2(C(=O)OC)Cc3cc(C)ccc3C2=N1)c1ccc(OC(F)F)cc1. The fraction of sp³-hybridized carbons (Fsp3) is 0.304. The molecule has 10 nitrogen and oxygen atoms in total. The molecule has 1 atom stereocenters. The normalized spacial score (nSPS) is 18.3. The van der Waals surface area contributed by atoms with Crippen LogP contribution in [0.25, 0.3) is 0 Å². The summed E-state index contributed by atoms with van der Waals surface area (Å²) in [7, 11) is 2.30. The Balaban J connectivity index is 1.71. The molecule has 2 aromatic carbocycles. The summed E-state index contributed by atoms with van der Waals surface area (Å²) in [6.45, 7) is -1.60. The second kappa shape index (κ2) is 9.29. The largest absolute Gasteiger partial charge is 0.467 e. The first kappa shape index (κ1) is 24.1. The number of hydrogen-bond donors (Lipinski definition) is 0. The van der Waals surface area contributed by atoms with E-state index >= 15 is 0 Å². The third-order valence-corrected chi connectivity index (χ3v) is 5.60. The number of nitrogens with zero attached hydrogens (tertiary/aromatic N) is 3. The molecule has 0 saturated carbocycles. The topological polar surface area (TPSA) is 107 Å². The minimum Gasteiger partial charge on any atom is -0.467 e. The number of benzene rings is 2. The van der Waals surface area contributed by atoms with Gasteiger partial charge in [0.1, 0.15) is 18.2 Å². The zero-order valence-electron chi connectivity index (χ0n) is 19.0. The molecule has 3 amide bonds. The van der Waals surface area contributed by atoms with Crippen molar-refractivity contribution in [2.45, 2.75) is 25.6 Å². The van der Waals surface area contributed by atoms with E-state index in [9.17, 15) is 23.2 Å². The summed E-state index contributed by atoms with van der Waals surface area (Å²) in [6.07, 6.45) is -0.880. The van der Waals surface area contributed by atoms with Crippen molar-refractivity contribution in [2.75, 3.05) is 25.9 Å². The van der Waals surface area contributed by atoms with E-state index in [1.54, 1.807) is 6.07 Å². The van der Waals surface area contributed by atoms with Crippen LogP contribution in [0.1, 0.15) is 16.7 Å². The van der Waals surface area contributed by atoms with Gasteiger partial charge >= 0.3 is 24.7 Å². The zero-order valence-corrected chi connectivity index (χ0v) is 19.0. The number of hydrogen-bond acceptors (Lipinski definition) is 8. The average Bonchev–Trinajstić information content (AvgIpc) is 3.17. The summed E-state index contributed by atoms with van der Waals surface area (Å²) in [4.78, 5) is 39.2. The van der Waals surface area contributed by atoms with Crippen LogP contribution in [0.15, 0.2) is 47.6 Å². The number of alkyl halides is 2. The van der Waals surface area contributed by atoms with E-state index in [1.165, 1.54) is 31.4 Å². The number of imide groups is 1. The number of carbonyl (C=O) groups is 3. The van der Waals surface area contributed by atoms with Gasteiger partial charge in [0, 0.05) is 12.0 Å². The van der Waals surface area contributed by atoms with Crippen molar-refractivity contribution >= 4 is 29.5 Å². The Hall–Kier alpha value is -4.06. The van der Waals surface area contributed by atoms with Gasteiger partial charge in [-0.3, -0.25) is 0 Å². The Kier molecular flexibility index (Phi) is 6.39. The Morgan fingerprint density at radius 1 is 1.11 bits per heavy atom. The number of carbonyl (C=O) groups excluding carboxylic acids is 3. The Morgan fingerprint density at radius 3 is 2.46 bits per heavy atom.